The first kappa shape index (κ1) is 50.1. The highest BCUT2D eigenvalue weighted by atomic mass is 16.7. The van der Waals surface area contributed by atoms with Crippen molar-refractivity contribution >= 4 is 30.2 Å². The van der Waals surface area contributed by atoms with Crippen LogP contribution in [-0.2, 0) is 66.6 Å². The van der Waals surface area contributed by atoms with E-state index in [1.165, 1.54) is 27.9 Å². The number of cyclic esters (lactones) is 1. The lowest BCUT2D eigenvalue weighted by Crippen LogP contribution is -2.66. The SMILES string of the molecule is CCC(=O)O[C@@H]1CC(=O)O[C@H](C)C/C=C/C=C/[C@H](OC(C)=O)[C@H](C)C[C@H](CC=O)[C@H](O[C@@H]2O[C@H](C)[C@@H](O[C@H]3C[C@@](C)(O)[C@@H](OC(C)=O)[C@H](C)O3)[C@H](N(C)C)[C@H]2O)[C@H]1OC. The Labute approximate surface area is 347 Å². The molecule has 2 fully saturated rings. The molecule has 17 nitrogen and oxygen atoms in total. The van der Waals surface area contributed by atoms with E-state index in [2.05, 4.69) is 0 Å². The number of esters is 4. The number of ether oxygens (including phenoxy) is 9. The van der Waals surface area contributed by atoms with Crippen molar-refractivity contribution < 1.29 is 76.8 Å². The van der Waals surface area contributed by atoms with Gasteiger partial charge >= 0.3 is 23.9 Å². The number of carbonyl (C=O) groups is 5. The number of allylic oxidation sites excluding steroid dienone is 2. The third-order valence-corrected chi connectivity index (χ3v) is 10.9. The lowest BCUT2D eigenvalue weighted by Gasteiger charge is -2.50. The predicted molar refractivity (Wildman–Crippen MR) is 210 cm³/mol. The Bertz CT molecular complexity index is 1450. The molecular weight excluding hydrogens is 774 g/mol. The topological polar surface area (TPSA) is 212 Å². The van der Waals surface area contributed by atoms with Crippen molar-refractivity contribution in [2.45, 2.75) is 179 Å². The molecule has 17 heteroatoms. The molecule has 0 saturated carbocycles. The van der Waals surface area contributed by atoms with Crippen LogP contribution in [0.15, 0.2) is 24.3 Å². The van der Waals surface area contributed by atoms with Crippen LogP contribution in [0.3, 0.4) is 0 Å². The zero-order chi connectivity index (χ0) is 44.2. The second-order valence-corrected chi connectivity index (χ2v) is 16.3. The molecule has 2 N–H and O–H groups in total. The number of aldehydes is 1. The highest BCUT2D eigenvalue weighted by Gasteiger charge is 2.53. The van der Waals surface area contributed by atoms with Crippen molar-refractivity contribution in [1.82, 2.24) is 4.90 Å². The summed E-state index contributed by atoms with van der Waals surface area (Å²) < 4.78 is 54.2. The van der Waals surface area contributed by atoms with Gasteiger partial charge in [0.1, 0.15) is 48.5 Å². The van der Waals surface area contributed by atoms with Crippen LogP contribution in [0.4, 0.5) is 0 Å². The summed E-state index contributed by atoms with van der Waals surface area (Å²) in [6.07, 6.45) is -4.28. The van der Waals surface area contributed by atoms with E-state index in [0.717, 1.165) is 0 Å². The molecule has 3 aliphatic heterocycles. The average molecular weight is 842 g/mol. The first-order valence-electron chi connectivity index (χ1n) is 20.4. The Balaban J connectivity index is 2.07. The number of hydrogen-bond acceptors (Lipinski definition) is 17. The molecule has 0 bridgehead atoms. The molecule has 0 radical (unpaired) electrons. The first-order chi connectivity index (χ1) is 27.7. The van der Waals surface area contributed by atoms with E-state index in [0.29, 0.717) is 12.7 Å². The van der Waals surface area contributed by atoms with E-state index in [-0.39, 0.29) is 25.7 Å². The van der Waals surface area contributed by atoms with Crippen LogP contribution in [-0.4, -0.2) is 152 Å². The summed E-state index contributed by atoms with van der Waals surface area (Å²) in [6.45, 7) is 12.6. The monoisotopic (exact) mass is 841 g/mol. The third kappa shape index (κ3) is 14.4. The quantitative estimate of drug-likeness (QED) is 0.164. The first-order valence-corrected chi connectivity index (χ1v) is 20.4. The Kier molecular flexibility index (Phi) is 19.6. The maximum absolute atomic E-state index is 13.4. The molecule has 0 aromatic carbocycles. The minimum Gasteiger partial charge on any atom is -0.462 e. The van der Waals surface area contributed by atoms with Gasteiger partial charge in [-0.3, -0.25) is 19.2 Å². The number of likely N-dealkylation sites (N-methyl/N-ethyl adjacent to an activating group) is 1. The van der Waals surface area contributed by atoms with Gasteiger partial charge in [0.05, 0.1) is 30.8 Å². The number of aliphatic hydroxyl groups is 2. The van der Waals surface area contributed by atoms with Gasteiger partial charge in [-0.05, 0) is 66.1 Å². The van der Waals surface area contributed by atoms with Gasteiger partial charge < -0.3 is 62.5 Å². The summed E-state index contributed by atoms with van der Waals surface area (Å²) in [6, 6.07) is -0.800. The molecule has 0 unspecified atom stereocenters. The molecule has 2 saturated heterocycles. The molecule has 0 aliphatic carbocycles. The van der Waals surface area contributed by atoms with Gasteiger partial charge in [0.25, 0.3) is 0 Å². The van der Waals surface area contributed by atoms with Gasteiger partial charge in [-0.2, -0.15) is 0 Å². The van der Waals surface area contributed by atoms with Crippen LogP contribution in [0.25, 0.3) is 0 Å². The number of hydrogen-bond donors (Lipinski definition) is 2. The summed E-state index contributed by atoms with van der Waals surface area (Å²) in [5, 5.41) is 23.4. The predicted octanol–water partition coefficient (Wildman–Crippen LogP) is 2.95. The van der Waals surface area contributed by atoms with Crippen molar-refractivity contribution in [3.05, 3.63) is 24.3 Å². The van der Waals surface area contributed by atoms with Gasteiger partial charge in [0, 0.05) is 46.6 Å². The number of methoxy groups -OCH3 is 1. The molecule has 0 aromatic rings. The molecule has 16 atom stereocenters. The van der Waals surface area contributed by atoms with Crippen molar-refractivity contribution in [3.63, 3.8) is 0 Å². The number of rotatable bonds is 12. The zero-order valence-corrected chi connectivity index (χ0v) is 36.3. The zero-order valence-electron chi connectivity index (χ0n) is 36.3. The molecule has 3 heterocycles. The fourth-order valence-electron chi connectivity index (χ4n) is 8.11. The van der Waals surface area contributed by atoms with Crippen molar-refractivity contribution in [1.29, 1.82) is 0 Å². The fourth-order valence-corrected chi connectivity index (χ4v) is 8.11. The molecule has 0 aromatic heterocycles. The van der Waals surface area contributed by atoms with Crippen LogP contribution in [0.5, 0.6) is 0 Å². The maximum Gasteiger partial charge on any atom is 0.309 e. The minimum absolute atomic E-state index is 0.0168. The Hall–Kier alpha value is -3.29. The van der Waals surface area contributed by atoms with E-state index >= 15 is 0 Å². The number of nitrogens with zero attached hydrogens (tertiary/aromatic N) is 1. The lowest BCUT2D eigenvalue weighted by molar-refractivity contribution is -0.344. The van der Waals surface area contributed by atoms with Crippen LogP contribution in [0.1, 0.15) is 93.9 Å². The van der Waals surface area contributed by atoms with Gasteiger partial charge in [-0.25, -0.2) is 0 Å². The second-order valence-electron chi connectivity index (χ2n) is 16.3. The standard InChI is InChI=1S/C42H67NO16/c1-12-32(47)57-31-21-33(48)52-24(3)16-14-13-15-17-30(55-27(6)45)23(2)20-29(18-19-44)38(39(31)51-11)59-41-36(49)35(43(9)10)37(25(4)54-41)58-34-22-42(8,50)40(26(5)53-34)56-28(7)46/h13-15,17,19,23-26,29-31,34-41,49-50H,12,16,18,20-22H2,1-11H3/b14-13+,17-15+/t23-,24-,25-,26+,29+,30+,31-,34+,35-,36-,37-,38+,39+,40+,41+,42-/m1/s1. The van der Waals surface area contributed by atoms with E-state index in [4.69, 9.17) is 42.6 Å². The molecule has 59 heavy (non-hydrogen) atoms. The summed E-state index contributed by atoms with van der Waals surface area (Å²) in [5.74, 6) is -3.49. The summed E-state index contributed by atoms with van der Waals surface area (Å²) in [5.41, 5.74) is -1.50. The van der Waals surface area contributed by atoms with E-state index in [1.807, 2.05) is 13.0 Å². The third-order valence-electron chi connectivity index (χ3n) is 10.9. The van der Waals surface area contributed by atoms with Gasteiger partial charge in [-0.15, -0.1) is 0 Å². The van der Waals surface area contributed by atoms with E-state index in [9.17, 15) is 34.2 Å². The van der Waals surface area contributed by atoms with Crippen molar-refractivity contribution in [2.24, 2.45) is 11.8 Å². The highest BCUT2D eigenvalue weighted by molar-refractivity contribution is 5.72. The van der Waals surface area contributed by atoms with Gasteiger partial charge in [-0.1, -0.05) is 32.1 Å². The van der Waals surface area contributed by atoms with E-state index in [1.54, 1.807) is 64.9 Å². The van der Waals surface area contributed by atoms with Crippen LogP contribution in [0.2, 0.25) is 0 Å². The number of aliphatic hydroxyl groups excluding tert-OH is 1. The van der Waals surface area contributed by atoms with Crippen LogP contribution < -0.4 is 0 Å². The summed E-state index contributed by atoms with van der Waals surface area (Å²) in [4.78, 5) is 64.4. The molecule has 3 rings (SSSR count). The Morgan fingerprint density at radius 1 is 0.966 bits per heavy atom. The Morgan fingerprint density at radius 3 is 2.22 bits per heavy atom. The minimum atomic E-state index is -1.50. The van der Waals surface area contributed by atoms with Crippen LogP contribution >= 0.6 is 0 Å². The molecule has 0 spiro atoms. The van der Waals surface area contributed by atoms with E-state index < -0.39 is 127 Å². The fraction of sp³-hybridized carbons (Fsp3) is 0.786. The van der Waals surface area contributed by atoms with Crippen LogP contribution in [0, 0.1) is 11.8 Å². The summed E-state index contributed by atoms with van der Waals surface area (Å²) in [7, 11) is 4.83. The molecule has 3 aliphatic rings. The normalized spacial score (nSPS) is 40.0. The van der Waals surface area contributed by atoms with Crippen molar-refractivity contribution in [2.75, 3.05) is 21.2 Å². The van der Waals surface area contributed by atoms with Gasteiger partial charge in [0.15, 0.2) is 18.7 Å². The maximum atomic E-state index is 13.4. The summed E-state index contributed by atoms with van der Waals surface area (Å²) >= 11 is 0. The average Bonchev–Trinajstić information content (AvgIpc) is 3.12. The van der Waals surface area contributed by atoms with Crippen molar-refractivity contribution in [3.8, 4) is 0 Å². The molecule has 0 amide bonds. The lowest BCUT2D eigenvalue weighted by atomic mass is 9.82. The highest BCUT2D eigenvalue weighted by Crippen LogP contribution is 2.38. The smallest absolute Gasteiger partial charge is 0.309 e. The van der Waals surface area contributed by atoms with Gasteiger partial charge in [0.2, 0.25) is 0 Å². The second kappa shape index (κ2) is 23.1. The Morgan fingerprint density at radius 2 is 1.64 bits per heavy atom. The number of carbonyl (C=O) groups excluding carboxylic acids is 5. The molecular formula is C42H67NO16. The molecule has 336 valence electrons. The largest absolute Gasteiger partial charge is 0.462 e.